The first-order chi connectivity index (χ1) is 16.8. The van der Waals surface area contributed by atoms with E-state index in [-0.39, 0.29) is 17.2 Å². The summed E-state index contributed by atoms with van der Waals surface area (Å²) in [6.45, 7) is 10.5. The molecular weight excluding hydrogens is 438 g/mol. The standard InChI is InChI=1S/C28H33N5O2/c1-6-32(7-2)20-12-8-18(9-13-20)25-24-22(16-28(3,4)17-23(24)34)29-27-30-26(31-33(25)27)19-10-14-21(35-5)15-11-19/h8-15,25H,6-7,16-17H2,1-5H3,(H,29,30,31). The Bertz CT molecular complexity index is 1270. The lowest BCUT2D eigenvalue weighted by atomic mass is 9.73. The van der Waals surface area contributed by atoms with Crippen LogP contribution in [0.4, 0.5) is 11.6 Å². The first-order valence-corrected chi connectivity index (χ1v) is 12.3. The van der Waals surface area contributed by atoms with Crippen LogP contribution in [-0.2, 0) is 4.79 Å². The third-order valence-electron chi connectivity index (χ3n) is 7.02. The van der Waals surface area contributed by atoms with Crippen LogP contribution in [0.15, 0.2) is 59.8 Å². The number of methoxy groups -OCH3 is 1. The maximum atomic E-state index is 13.5. The summed E-state index contributed by atoms with van der Waals surface area (Å²) in [5.74, 6) is 2.24. The smallest absolute Gasteiger partial charge is 0.226 e. The molecule has 1 N–H and O–H groups in total. The Labute approximate surface area is 206 Å². The first-order valence-electron chi connectivity index (χ1n) is 12.3. The van der Waals surface area contributed by atoms with Gasteiger partial charge in [0, 0.05) is 42.0 Å². The van der Waals surface area contributed by atoms with Gasteiger partial charge in [0.05, 0.1) is 7.11 Å². The van der Waals surface area contributed by atoms with Crippen LogP contribution in [0, 0.1) is 5.41 Å². The molecule has 7 nitrogen and oxygen atoms in total. The van der Waals surface area contributed by atoms with E-state index in [1.54, 1.807) is 7.11 Å². The number of hydrogen-bond acceptors (Lipinski definition) is 6. The van der Waals surface area contributed by atoms with E-state index < -0.39 is 0 Å². The second-order valence-corrected chi connectivity index (χ2v) is 10.1. The summed E-state index contributed by atoms with van der Waals surface area (Å²) in [6, 6.07) is 15.9. The highest BCUT2D eigenvalue weighted by Crippen LogP contribution is 2.45. The maximum absolute atomic E-state index is 13.5. The van der Waals surface area contributed by atoms with E-state index in [1.807, 2.05) is 28.9 Å². The number of hydrogen-bond donors (Lipinski definition) is 1. The molecule has 1 aliphatic heterocycles. The van der Waals surface area contributed by atoms with E-state index in [2.05, 4.69) is 62.2 Å². The molecule has 5 rings (SSSR count). The fraction of sp³-hybridized carbons (Fsp3) is 0.393. The highest BCUT2D eigenvalue weighted by molar-refractivity contribution is 6.00. The van der Waals surface area contributed by atoms with Gasteiger partial charge in [0.2, 0.25) is 5.95 Å². The number of ketones is 1. The van der Waals surface area contributed by atoms with Crippen molar-refractivity contribution in [3.8, 4) is 17.1 Å². The lowest BCUT2D eigenvalue weighted by Crippen LogP contribution is -2.36. The van der Waals surface area contributed by atoms with Crippen molar-refractivity contribution in [2.45, 2.75) is 46.6 Å². The average molecular weight is 472 g/mol. The van der Waals surface area contributed by atoms with Gasteiger partial charge in [-0.3, -0.25) is 4.79 Å². The average Bonchev–Trinajstić information content (AvgIpc) is 3.27. The number of Topliss-reactive ketones (excluding diaryl/α,β-unsaturated/α-hetero) is 1. The molecule has 0 radical (unpaired) electrons. The summed E-state index contributed by atoms with van der Waals surface area (Å²) in [5, 5.41) is 8.35. The van der Waals surface area contributed by atoms with Crippen LogP contribution in [-0.4, -0.2) is 40.7 Å². The highest BCUT2D eigenvalue weighted by atomic mass is 16.5. The monoisotopic (exact) mass is 471 g/mol. The van der Waals surface area contributed by atoms with Gasteiger partial charge in [-0.25, -0.2) is 4.68 Å². The van der Waals surface area contributed by atoms with E-state index in [0.29, 0.717) is 18.2 Å². The van der Waals surface area contributed by atoms with Crippen molar-refractivity contribution < 1.29 is 9.53 Å². The van der Waals surface area contributed by atoms with Gasteiger partial charge in [0.1, 0.15) is 11.8 Å². The second-order valence-electron chi connectivity index (χ2n) is 10.1. The van der Waals surface area contributed by atoms with Gasteiger partial charge >= 0.3 is 0 Å². The van der Waals surface area contributed by atoms with E-state index in [9.17, 15) is 4.79 Å². The molecule has 2 aromatic carbocycles. The lowest BCUT2D eigenvalue weighted by Gasteiger charge is -2.38. The summed E-state index contributed by atoms with van der Waals surface area (Å²) in [7, 11) is 1.65. The fourth-order valence-electron chi connectivity index (χ4n) is 5.24. The number of allylic oxidation sites excluding steroid dienone is 2. The van der Waals surface area contributed by atoms with Crippen LogP contribution in [0.5, 0.6) is 5.75 Å². The summed E-state index contributed by atoms with van der Waals surface area (Å²) >= 11 is 0. The number of ether oxygens (including phenoxy) is 1. The molecule has 0 bridgehead atoms. The zero-order valence-corrected chi connectivity index (χ0v) is 21.1. The van der Waals surface area contributed by atoms with Crippen LogP contribution in [0.25, 0.3) is 11.4 Å². The van der Waals surface area contributed by atoms with Crippen LogP contribution >= 0.6 is 0 Å². The van der Waals surface area contributed by atoms with Gasteiger partial charge in [-0.05, 0) is 67.6 Å². The highest BCUT2D eigenvalue weighted by Gasteiger charge is 2.41. The van der Waals surface area contributed by atoms with Crippen molar-refractivity contribution in [1.29, 1.82) is 0 Å². The Morgan fingerprint density at radius 1 is 1.06 bits per heavy atom. The van der Waals surface area contributed by atoms with Gasteiger partial charge in [-0.2, -0.15) is 4.98 Å². The molecule has 0 saturated carbocycles. The molecule has 1 aliphatic carbocycles. The normalized spacial score (nSPS) is 18.5. The van der Waals surface area contributed by atoms with Gasteiger partial charge < -0.3 is 15.0 Å². The fourth-order valence-corrected chi connectivity index (χ4v) is 5.24. The first kappa shape index (κ1) is 23.1. The summed E-state index contributed by atoms with van der Waals surface area (Å²) in [5.41, 5.74) is 4.78. The summed E-state index contributed by atoms with van der Waals surface area (Å²) in [4.78, 5) is 20.6. The molecule has 1 aromatic heterocycles. The molecule has 182 valence electrons. The van der Waals surface area contributed by atoms with Gasteiger partial charge in [0.25, 0.3) is 0 Å². The molecule has 2 heterocycles. The maximum Gasteiger partial charge on any atom is 0.226 e. The molecule has 2 aliphatic rings. The SMILES string of the molecule is CCN(CC)c1ccc(C2C3=C(CC(C)(C)CC3=O)Nc3nc(-c4ccc(OC)cc4)nn32)cc1. The molecule has 7 heteroatoms. The van der Waals surface area contributed by atoms with E-state index in [0.717, 1.165) is 47.7 Å². The summed E-state index contributed by atoms with van der Waals surface area (Å²) in [6.07, 6.45) is 1.32. The molecule has 0 amide bonds. The third-order valence-corrected chi connectivity index (χ3v) is 7.02. The number of anilines is 2. The van der Waals surface area contributed by atoms with Crippen LogP contribution in [0.1, 0.15) is 52.1 Å². The van der Waals surface area contributed by atoms with Gasteiger partial charge in [0.15, 0.2) is 11.6 Å². The minimum absolute atomic E-state index is 0.0961. The molecule has 1 unspecified atom stereocenters. The number of carbonyl (C=O) groups excluding carboxylic acids is 1. The minimum atomic E-state index is -0.310. The molecular formula is C28H33N5O2. The van der Waals surface area contributed by atoms with Crippen molar-refractivity contribution in [3.05, 3.63) is 65.4 Å². The molecule has 0 spiro atoms. The van der Waals surface area contributed by atoms with Crippen molar-refractivity contribution in [2.75, 3.05) is 30.4 Å². The predicted octanol–water partition coefficient (Wildman–Crippen LogP) is 5.46. The van der Waals surface area contributed by atoms with E-state index in [4.69, 9.17) is 14.8 Å². The number of rotatable bonds is 6. The largest absolute Gasteiger partial charge is 0.497 e. The Balaban J connectivity index is 1.61. The molecule has 35 heavy (non-hydrogen) atoms. The topological polar surface area (TPSA) is 72.3 Å². The molecule has 1 atom stereocenters. The third kappa shape index (κ3) is 4.20. The Hall–Kier alpha value is -3.61. The summed E-state index contributed by atoms with van der Waals surface area (Å²) < 4.78 is 7.17. The van der Waals surface area contributed by atoms with E-state index in [1.165, 1.54) is 5.69 Å². The predicted molar refractivity (Wildman–Crippen MR) is 139 cm³/mol. The lowest BCUT2D eigenvalue weighted by molar-refractivity contribution is -0.118. The van der Waals surface area contributed by atoms with Crippen molar-refractivity contribution >= 4 is 17.4 Å². The Morgan fingerprint density at radius 2 is 1.74 bits per heavy atom. The number of nitrogens with zero attached hydrogens (tertiary/aromatic N) is 4. The minimum Gasteiger partial charge on any atom is -0.497 e. The molecule has 3 aromatic rings. The molecule has 0 saturated heterocycles. The van der Waals surface area contributed by atoms with Crippen LogP contribution < -0.4 is 15.0 Å². The Morgan fingerprint density at radius 3 is 2.37 bits per heavy atom. The van der Waals surface area contributed by atoms with Crippen molar-refractivity contribution in [3.63, 3.8) is 0 Å². The number of aromatic nitrogens is 3. The zero-order valence-electron chi connectivity index (χ0n) is 21.1. The van der Waals surface area contributed by atoms with Gasteiger partial charge in [-0.1, -0.05) is 26.0 Å². The zero-order chi connectivity index (χ0) is 24.7. The number of fused-ring (bicyclic) bond motifs is 1. The van der Waals surface area contributed by atoms with Crippen molar-refractivity contribution in [2.24, 2.45) is 5.41 Å². The second kappa shape index (κ2) is 8.87. The number of benzene rings is 2. The van der Waals surface area contributed by atoms with E-state index >= 15 is 0 Å². The van der Waals surface area contributed by atoms with Crippen molar-refractivity contribution in [1.82, 2.24) is 14.8 Å². The Kier molecular flexibility index (Phi) is 5.87. The molecule has 0 fully saturated rings. The number of carbonyl (C=O) groups is 1. The van der Waals surface area contributed by atoms with Gasteiger partial charge in [-0.15, -0.1) is 5.10 Å². The quantitative estimate of drug-likeness (QED) is 0.515. The number of nitrogens with one attached hydrogen (secondary N) is 1. The van der Waals surface area contributed by atoms with Crippen LogP contribution in [0.3, 0.4) is 0 Å². The van der Waals surface area contributed by atoms with Crippen LogP contribution in [0.2, 0.25) is 0 Å².